The van der Waals surface area contributed by atoms with E-state index in [4.69, 9.17) is 15.6 Å². The molecular formula is C23H24N4O5S. The summed E-state index contributed by atoms with van der Waals surface area (Å²) in [5.74, 6) is -1.29. The molecule has 0 saturated heterocycles. The van der Waals surface area contributed by atoms with Crippen molar-refractivity contribution in [3.05, 3.63) is 77.0 Å². The number of rotatable bonds is 5. The van der Waals surface area contributed by atoms with E-state index in [0.717, 1.165) is 0 Å². The lowest BCUT2D eigenvalue weighted by Crippen LogP contribution is -2.41. The van der Waals surface area contributed by atoms with Gasteiger partial charge in [0.2, 0.25) is 10.0 Å². The number of carbonyl (C=O) groups is 2. The van der Waals surface area contributed by atoms with E-state index < -0.39 is 21.9 Å². The highest BCUT2D eigenvalue weighted by Crippen LogP contribution is 2.46. The number of aromatic nitrogens is 1. The van der Waals surface area contributed by atoms with Crippen molar-refractivity contribution in [2.75, 3.05) is 11.5 Å². The first-order chi connectivity index (χ1) is 15.7. The Labute approximate surface area is 191 Å². The second-order valence-electron chi connectivity index (χ2n) is 7.75. The van der Waals surface area contributed by atoms with Crippen LogP contribution in [0.4, 0.5) is 5.69 Å². The fourth-order valence-corrected chi connectivity index (χ4v) is 4.87. The van der Waals surface area contributed by atoms with E-state index in [1.165, 1.54) is 12.1 Å². The smallest absolute Gasteiger partial charge is 0.338 e. The molecule has 172 valence electrons. The van der Waals surface area contributed by atoms with Crippen LogP contribution in [0, 0.1) is 0 Å². The fourth-order valence-electron chi connectivity index (χ4n) is 4.36. The Morgan fingerprint density at radius 3 is 2.55 bits per heavy atom. The van der Waals surface area contributed by atoms with Gasteiger partial charge < -0.3 is 10.5 Å². The van der Waals surface area contributed by atoms with E-state index in [-0.39, 0.29) is 28.7 Å². The van der Waals surface area contributed by atoms with Crippen LogP contribution in [0.5, 0.6) is 0 Å². The molecule has 9 nitrogen and oxygen atoms in total. The van der Waals surface area contributed by atoms with E-state index in [1.807, 2.05) is 0 Å². The molecule has 2 aromatic rings. The Morgan fingerprint density at radius 2 is 1.94 bits per heavy atom. The lowest BCUT2D eigenvalue weighted by Gasteiger charge is -2.40. The first-order valence-corrected chi connectivity index (χ1v) is 12.0. The van der Waals surface area contributed by atoms with Gasteiger partial charge in [-0.05, 0) is 55.7 Å². The Bertz CT molecular complexity index is 1270. The quantitative estimate of drug-likeness (QED) is 0.634. The Balaban J connectivity index is 1.96. The molecule has 0 spiro atoms. The van der Waals surface area contributed by atoms with Crippen molar-refractivity contribution in [2.45, 2.75) is 37.0 Å². The van der Waals surface area contributed by atoms with E-state index in [1.54, 1.807) is 48.5 Å². The molecule has 2 heterocycles. The Hall–Kier alpha value is -3.50. The normalized spacial score (nSPS) is 18.9. The van der Waals surface area contributed by atoms with Gasteiger partial charge in [0.15, 0.2) is 5.78 Å². The summed E-state index contributed by atoms with van der Waals surface area (Å²) in [6.07, 6.45) is 4.77. The monoisotopic (exact) mass is 468 g/mol. The molecule has 2 aliphatic rings. The molecule has 0 fully saturated rings. The molecule has 4 N–H and O–H groups in total. The van der Waals surface area contributed by atoms with Crippen LogP contribution < -0.4 is 15.8 Å². The predicted molar refractivity (Wildman–Crippen MR) is 121 cm³/mol. The van der Waals surface area contributed by atoms with Crippen molar-refractivity contribution in [3.63, 3.8) is 0 Å². The number of ether oxygens (including phenoxy) is 1. The van der Waals surface area contributed by atoms with Crippen molar-refractivity contribution >= 4 is 27.5 Å². The maximum atomic E-state index is 13.2. The summed E-state index contributed by atoms with van der Waals surface area (Å²) in [5, 5.41) is 5.22. The summed E-state index contributed by atoms with van der Waals surface area (Å²) in [6, 6.07) is 9.35. The largest absolute Gasteiger partial charge is 0.463 e. The van der Waals surface area contributed by atoms with Crippen LogP contribution in [0.2, 0.25) is 0 Å². The molecule has 0 saturated carbocycles. The lowest BCUT2D eigenvalue weighted by atomic mass is 9.75. The molecular weight excluding hydrogens is 444 g/mol. The number of allylic oxidation sites excluding steroid dienone is 2. The zero-order valence-corrected chi connectivity index (χ0v) is 18.8. The zero-order chi connectivity index (χ0) is 23.8. The van der Waals surface area contributed by atoms with Gasteiger partial charge in [0.1, 0.15) is 5.82 Å². The molecule has 1 aromatic heterocycles. The minimum Gasteiger partial charge on any atom is -0.463 e. The molecule has 10 heteroatoms. The number of esters is 1. The number of Topliss-reactive ketones (excluding diaryl/α,β-unsaturated/α-hetero) is 1. The highest BCUT2D eigenvalue weighted by molar-refractivity contribution is 7.89. The molecule has 0 unspecified atom stereocenters. The molecule has 1 aliphatic carbocycles. The average molecular weight is 469 g/mol. The Kier molecular flexibility index (Phi) is 6.05. The molecule has 1 aromatic carbocycles. The Morgan fingerprint density at radius 1 is 1.21 bits per heavy atom. The average Bonchev–Trinajstić information content (AvgIpc) is 2.79. The van der Waals surface area contributed by atoms with Gasteiger partial charge in [0.05, 0.1) is 23.0 Å². The van der Waals surface area contributed by atoms with Gasteiger partial charge in [0.25, 0.3) is 0 Å². The van der Waals surface area contributed by atoms with Gasteiger partial charge in [-0.2, -0.15) is 0 Å². The van der Waals surface area contributed by atoms with Crippen LogP contribution in [-0.4, -0.2) is 31.8 Å². The lowest BCUT2D eigenvalue weighted by molar-refractivity contribution is -0.138. The SMILES string of the molecule is CCOC(=O)C1=C(N)N(c2ccc(S(N)(=O)=O)cc2)C2=C(C(=O)CCC2)[C@H]1c1cccnc1. The highest BCUT2D eigenvalue weighted by Gasteiger charge is 2.43. The maximum Gasteiger partial charge on any atom is 0.338 e. The number of nitrogens with zero attached hydrogens (tertiary/aromatic N) is 2. The number of sulfonamides is 1. The summed E-state index contributed by atoms with van der Waals surface area (Å²) >= 11 is 0. The van der Waals surface area contributed by atoms with Crippen LogP contribution in [0.25, 0.3) is 0 Å². The summed E-state index contributed by atoms with van der Waals surface area (Å²) in [7, 11) is -3.88. The van der Waals surface area contributed by atoms with Crippen molar-refractivity contribution < 1.29 is 22.7 Å². The van der Waals surface area contributed by atoms with Crippen LogP contribution in [-0.2, 0) is 24.3 Å². The van der Waals surface area contributed by atoms with E-state index in [2.05, 4.69) is 4.98 Å². The van der Waals surface area contributed by atoms with Gasteiger partial charge in [-0.25, -0.2) is 18.4 Å². The number of carbonyl (C=O) groups excluding carboxylic acids is 2. The number of pyridine rings is 1. The second kappa shape index (κ2) is 8.80. The van der Waals surface area contributed by atoms with Gasteiger partial charge in [0, 0.05) is 35.8 Å². The van der Waals surface area contributed by atoms with Gasteiger partial charge in [-0.15, -0.1) is 0 Å². The standard InChI is InChI=1S/C23H24N4O5S/c1-2-32-23(29)21-19(14-5-4-12-26-13-14)20-17(6-3-7-18(20)28)27(22(21)24)15-8-10-16(11-9-15)33(25,30)31/h4-5,8-13,19H,2-3,6-7,24H2,1H3,(H2,25,30,31)/t19-/m1/s1. The van der Waals surface area contributed by atoms with Crippen molar-refractivity contribution in [1.29, 1.82) is 0 Å². The fraction of sp³-hybridized carbons (Fsp3) is 0.261. The minimum absolute atomic E-state index is 0.0569. The number of nitrogens with two attached hydrogens (primary N) is 2. The first kappa shape index (κ1) is 22.7. The molecule has 0 bridgehead atoms. The predicted octanol–water partition coefficient (Wildman–Crippen LogP) is 2.07. The number of anilines is 1. The van der Waals surface area contributed by atoms with Crippen LogP contribution in [0.1, 0.15) is 37.7 Å². The second-order valence-corrected chi connectivity index (χ2v) is 9.31. The topological polar surface area (TPSA) is 146 Å². The van der Waals surface area contributed by atoms with Gasteiger partial charge in [-0.1, -0.05) is 6.07 Å². The molecule has 4 rings (SSSR count). The van der Waals surface area contributed by atoms with Crippen LogP contribution >= 0.6 is 0 Å². The van der Waals surface area contributed by atoms with Crippen LogP contribution in [0.3, 0.4) is 0 Å². The number of hydrogen-bond acceptors (Lipinski definition) is 8. The summed E-state index contributed by atoms with van der Waals surface area (Å²) in [5.41, 5.74) is 9.05. The number of primary sulfonamides is 1. The van der Waals surface area contributed by atoms with Crippen LogP contribution in [0.15, 0.2) is 76.4 Å². The van der Waals surface area contributed by atoms with Crippen molar-refractivity contribution in [3.8, 4) is 0 Å². The zero-order valence-electron chi connectivity index (χ0n) is 18.0. The summed E-state index contributed by atoms with van der Waals surface area (Å²) < 4.78 is 28.7. The highest BCUT2D eigenvalue weighted by atomic mass is 32.2. The summed E-state index contributed by atoms with van der Waals surface area (Å²) in [6.45, 7) is 1.83. The van der Waals surface area contributed by atoms with E-state index >= 15 is 0 Å². The molecule has 0 radical (unpaired) electrons. The third-order valence-electron chi connectivity index (χ3n) is 5.73. The molecule has 33 heavy (non-hydrogen) atoms. The number of hydrogen-bond donors (Lipinski definition) is 2. The minimum atomic E-state index is -3.88. The van der Waals surface area contributed by atoms with Crippen molar-refractivity contribution in [2.24, 2.45) is 10.9 Å². The molecule has 0 amide bonds. The van der Waals surface area contributed by atoms with Gasteiger partial charge in [-0.3, -0.25) is 14.7 Å². The van der Waals surface area contributed by atoms with E-state index in [9.17, 15) is 18.0 Å². The molecule has 1 aliphatic heterocycles. The molecule has 1 atom stereocenters. The third-order valence-corrected chi connectivity index (χ3v) is 6.66. The maximum absolute atomic E-state index is 13.2. The first-order valence-electron chi connectivity index (χ1n) is 10.5. The third kappa shape index (κ3) is 4.14. The van der Waals surface area contributed by atoms with Crippen molar-refractivity contribution in [1.82, 2.24) is 4.98 Å². The van der Waals surface area contributed by atoms with E-state index in [0.29, 0.717) is 41.8 Å². The number of benzene rings is 1. The summed E-state index contributed by atoms with van der Waals surface area (Å²) in [4.78, 5) is 32.0. The number of ketones is 1. The van der Waals surface area contributed by atoms with Gasteiger partial charge >= 0.3 is 5.97 Å².